The SMILES string of the molecule is CCc1cc(CC)n(CC(=O)Nc2ccc(N)cc2Br)n1. The molecule has 1 aromatic heterocycles. The van der Waals surface area contributed by atoms with Gasteiger partial charge in [-0.05, 0) is 53.0 Å². The molecule has 6 heteroatoms. The van der Waals surface area contributed by atoms with Gasteiger partial charge in [0.15, 0.2) is 0 Å². The van der Waals surface area contributed by atoms with Gasteiger partial charge in [0.2, 0.25) is 5.91 Å². The van der Waals surface area contributed by atoms with Gasteiger partial charge in [-0.15, -0.1) is 0 Å². The molecule has 1 aromatic carbocycles. The van der Waals surface area contributed by atoms with Crippen molar-refractivity contribution in [2.24, 2.45) is 0 Å². The Morgan fingerprint density at radius 1 is 1.33 bits per heavy atom. The molecule has 21 heavy (non-hydrogen) atoms. The Labute approximate surface area is 132 Å². The number of nitrogens with one attached hydrogen (secondary N) is 1. The average Bonchev–Trinajstić information content (AvgIpc) is 2.84. The number of rotatable bonds is 5. The molecule has 0 aliphatic rings. The standard InChI is InChI=1S/C15H19BrN4O/c1-3-11-8-12(4-2)20(19-11)9-15(21)18-14-6-5-10(17)7-13(14)16/h5-8H,3-4,9,17H2,1-2H3,(H,18,21). The van der Waals surface area contributed by atoms with Crippen LogP contribution in [0.2, 0.25) is 0 Å². The topological polar surface area (TPSA) is 72.9 Å². The summed E-state index contributed by atoms with van der Waals surface area (Å²) in [6.45, 7) is 4.32. The van der Waals surface area contributed by atoms with E-state index in [4.69, 9.17) is 5.73 Å². The molecule has 1 heterocycles. The number of carbonyl (C=O) groups is 1. The Kier molecular flexibility index (Phi) is 5.01. The van der Waals surface area contributed by atoms with E-state index in [1.165, 1.54) is 0 Å². The molecule has 0 atom stereocenters. The molecule has 1 amide bonds. The van der Waals surface area contributed by atoms with Crippen LogP contribution in [-0.2, 0) is 24.2 Å². The Balaban J connectivity index is 2.09. The van der Waals surface area contributed by atoms with Gasteiger partial charge in [0, 0.05) is 15.9 Å². The predicted octanol–water partition coefficient (Wildman–Crippen LogP) is 2.99. The first-order valence-corrected chi connectivity index (χ1v) is 7.73. The summed E-state index contributed by atoms with van der Waals surface area (Å²) in [5.41, 5.74) is 9.11. The molecule has 112 valence electrons. The molecule has 0 saturated heterocycles. The smallest absolute Gasteiger partial charge is 0.246 e. The zero-order valence-electron chi connectivity index (χ0n) is 12.2. The van der Waals surface area contributed by atoms with Gasteiger partial charge in [0.05, 0.1) is 11.4 Å². The minimum atomic E-state index is -0.110. The molecule has 0 aliphatic carbocycles. The van der Waals surface area contributed by atoms with Gasteiger partial charge < -0.3 is 11.1 Å². The third-order valence-corrected chi connectivity index (χ3v) is 3.86. The second-order valence-corrected chi connectivity index (χ2v) is 5.63. The van der Waals surface area contributed by atoms with Crippen LogP contribution in [0.3, 0.4) is 0 Å². The number of amides is 1. The van der Waals surface area contributed by atoms with Crippen LogP contribution in [0.15, 0.2) is 28.7 Å². The van der Waals surface area contributed by atoms with Gasteiger partial charge in [0.25, 0.3) is 0 Å². The Hall–Kier alpha value is -1.82. The number of nitrogens with zero attached hydrogens (tertiary/aromatic N) is 2. The van der Waals surface area contributed by atoms with Crippen LogP contribution in [0, 0.1) is 0 Å². The first-order valence-electron chi connectivity index (χ1n) is 6.94. The Morgan fingerprint density at radius 3 is 2.71 bits per heavy atom. The van der Waals surface area contributed by atoms with Crippen LogP contribution in [-0.4, -0.2) is 15.7 Å². The van der Waals surface area contributed by atoms with Gasteiger partial charge in [-0.2, -0.15) is 5.10 Å². The van der Waals surface area contributed by atoms with Crippen LogP contribution in [0.4, 0.5) is 11.4 Å². The zero-order chi connectivity index (χ0) is 15.4. The van der Waals surface area contributed by atoms with E-state index >= 15 is 0 Å². The summed E-state index contributed by atoms with van der Waals surface area (Å²) in [5.74, 6) is -0.110. The highest BCUT2D eigenvalue weighted by Gasteiger charge is 2.11. The van der Waals surface area contributed by atoms with Crippen molar-refractivity contribution in [2.45, 2.75) is 33.2 Å². The number of nitrogen functional groups attached to an aromatic ring is 1. The minimum absolute atomic E-state index is 0.110. The fourth-order valence-electron chi connectivity index (χ4n) is 2.07. The van der Waals surface area contributed by atoms with Gasteiger partial charge in [-0.25, -0.2) is 0 Å². The maximum atomic E-state index is 12.2. The molecule has 0 radical (unpaired) electrons. The molecule has 0 saturated carbocycles. The summed E-state index contributed by atoms with van der Waals surface area (Å²) < 4.78 is 2.53. The lowest BCUT2D eigenvalue weighted by molar-refractivity contribution is -0.116. The minimum Gasteiger partial charge on any atom is -0.399 e. The summed E-state index contributed by atoms with van der Waals surface area (Å²) in [6.07, 6.45) is 1.72. The van der Waals surface area contributed by atoms with E-state index in [2.05, 4.69) is 40.2 Å². The number of hydrogen-bond acceptors (Lipinski definition) is 3. The van der Waals surface area contributed by atoms with Crippen molar-refractivity contribution in [2.75, 3.05) is 11.1 Å². The molecule has 0 spiro atoms. The van der Waals surface area contributed by atoms with E-state index in [-0.39, 0.29) is 12.5 Å². The lowest BCUT2D eigenvalue weighted by atomic mass is 10.2. The van der Waals surface area contributed by atoms with Crippen molar-refractivity contribution in [3.05, 3.63) is 40.1 Å². The largest absolute Gasteiger partial charge is 0.399 e. The van der Waals surface area contributed by atoms with E-state index in [1.807, 2.05) is 6.07 Å². The summed E-state index contributed by atoms with van der Waals surface area (Å²) in [4.78, 5) is 12.2. The fourth-order valence-corrected chi connectivity index (χ4v) is 2.56. The van der Waals surface area contributed by atoms with Crippen LogP contribution >= 0.6 is 15.9 Å². The molecular weight excluding hydrogens is 332 g/mol. The maximum Gasteiger partial charge on any atom is 0.246 e. The number of hydrogen-bond donors (Lipinski definition) is 2. The number of carbonyl (C=O) groups excluding carboxylic acids is 1. The number of nitrogens with two attached hydrogens (primary N) is 1. The Bertz CT molecular complexity index is 651. The molecule has 0 fully saturated rings. The molecule has 2 rings (SSSR count). The Morgan fingerprint density at radius 2 is 2.10 bits per heavy atom. The first-order chi connectivity index (χ1) is 10.0. The quantitative estimate of drug-likeness (QED) is 0.814. The van der Waals surface area contributed by atoms with Crippen LogP contribution in [0.1, 0.15) is 25.2 Å². The summed E-state index contributed by atoms with van der Waals surface area (Å²) in [7, 11) is 0. The molecular formula is C15H19BrN4O. The zero-order valence-corrected chi connectivity index (χ0v) is 13.8. The van der Waals surface area contributed by atoms with Gasteiger partial charge >= 0.3 is 0 Å². The third-order valence-electron chi connectivity index (χ3n) is 3.20. The monoisotopic (exact) mass is 350 g/mol. The molecule has 5 nitrogen and oxygen atoms in total. The fraction of sp³-hybridized carbons (Fsp3) is 0.333. The normalized spacial score (nSPS) is 10.6. The molecule has 0 aliphatic heterocycles. The van der Waals surface area contributed by atoms with Crippen molar-refractivity contribution in [3.63, 3.8) is 0 Å². The number of anilines is 2. The number of aromatic nitrogens is 2. The molecule has 0 unspecified atom stereocenters. The van der Waals surface area contributed by atoms with E-state index in [9.17, 15) is 4.79 Å². The van der Waals surface area contributed by atoms with Crippen LogP contribution in [0.5, 0.6) is 0 Å². The van der Waals surface area contributed by atoms with Crippen LogP contribution < -0.4 is 11.1 Å². The third kappa shape index (κ3) is 3.85. The highest BCUT2D eigenvalue weighted by atomic mass is 79.9. The van der Waals surface area contributed by atoms with E-state index < -0.39 is 0 Å². The van der Waals surface area contributed by atoms with E-state index in [0.29, 0.717) is 11.4 Å². The number of halogens is 1. The van der Waals surface area contributed by atoms with Gasteiger partial charge in [0.1, 0.15) is 6.54 Å². The van der Waals surface area contributed by atoms with Crippen molar-refractivity contribution in [1.82, 2.24) is 9.78 Å². The predicted molar refractivity (Wildman–Crippen MR) is 88.2 cm³/mol. The van der Waals surface area contributed by atoms with Crippen molar-refractivity contribution >= 4 is 33.2 Å². The lowest BCUT2D eigenvalue weighted by Gasteiger charge is -2.09. The van der Waals surface area contributed by atoms with E-state index in [1.54, 1.807) is 22.9 Å². The van der Waals surface area contributed by atoms with Crippen LogP contribution in [0.25, 0.3) is 0 Å². The van der Waals surface area contributed by atoms with Crippen molar-refractivity contribution < 1.29 is 4.79 Å². The van der Waals surface area contributed by atoms with E-state index in [0.717, 1.165) is 28.7 Å². The van der Waals surface area contributed by atoms with Crippen molar-refractivity contribution in [1.29, 1.82) is 0 Å². The highest BCUT2D eigenvalue weighted by Crippen LogP contribution is 2.24. The van der Waals surface area contributed by atoms with Crippen molar-refractivity contribution in [3.8, 4) is 0 Å². The molecule has 0 bridgehead atoms. The average molecular weight is 351 g/mol. The summed E-state index contributed by atoms with van der Waals surface area (Å²) in [5, 5.41) is 7.30. The molecule has 3 N–H and O–H groups in total. The molecule has 2 aromatic rings. The highest BCUT2D eigenvalue weighted by molar-refractivity contribution is 9.10. The summed E-state index contributed by atoms with van der Waals surface area (Å²) in [6, 6.07) is 7.34. The van der Waals surface area contributed by atoms with Gasteiger partial charge in [-0.3, -0.25) is 9.48 Å². The second kappa shape index (κ2) is 6.76. The van der Waals surface area contributed by atoms with Gasteiger partial charge in [-0.1, -0.05) is 13.8 Å². The summed E-state index contributed by atoms with van der Waals surface area (Å²) >= 11 is 3.39. The lowest BCUT2D eigenvalue weighted by Crippen LogP contribution is -2.21. The second-order valence-electron chi connectivity index (χ2n) is 4.78. The number of benzene rings is 1. The first kappa shape index (κ1) is 15.6. The maximum absolute atomic E-state index is 12.2. The number of aryl methyl sites for hydroxylation is 2.